The zero-order valence-corrected chi connectivity index (χ0v) is 26.5. The minimum Gasteiger partial charge on any atom is -0.497 e. The summed E-state index contributed by atoms with van der Waals surface area (Å²) < 4.78 is 45.5. The molecule has 0 spiro atoms. The summed E-state index contributed by atoms with van der Waals surface area (Å²) in [7, 11) is -0.815. The van der Waals surface area contributed by atoms with E-state index in [0.29, 0.717) is 34.2 Å². The van der Waals surface area contributed by atoms with Gasteiger partial charge in [-0.15, -0.1) is 0 Å². The molecule has 0 saturated heterocycles. The number of aliphatic hydroxyl groups is 1. The zero-order chi connectivity index (χ0) is 32.2. The molecule has 1 aliphatic heterocycles. The van der Waals surface area contributed by atoms with Crippen LogP contribution in [0.4, 0.5) is 16.2 Å². The molecule has 238 valence electrons. The number of sulfonamides is 1. The number of aryl methyl sites for hydroxylation is 2. The Morgan fingerprint density at radius 3 is 2.55 bits per heavy atom. The number of benzene rings is 2. The molecule has 44 heavy (non-hydrogen) atoms. The Labute approximate surface area is 257 Å². The van der Waals surface area contributed by atoms with Crippen LogP contribution in [0.2, 0.25) is 0 Å². The van der Waals surface area contributed by atoms with Gasteiger partial charge in [-0.05, 0) is 63.2 Å². The Morgan fingerprint density at radius 2 is 1.93 bits per heavy atom. The van der Waals surface area contributed by atoms with Crippen molar-refractivity contribution in [2.75, 3.05) is 43.9 Å². The van der Waals surface area contributed by atoms with Gasteiger partial charge >= 0.3 is 6.03 Å². The molecule has 3 N–H and O–H groups in total. The number of hydrogen-bond donors (Lipinski definition) is 3. The predicted octanol–water partition coefficient (Wildman–Crippen LogP) is 3.41. The van der Waals surface area contributed by atoms with Crippen molar-refractivity contribution in [2.45, 2.75) is 51.2 Å². The van der Waals surface area contributed by atoms with E-state index in [1.54, 1.807) is 63.1 Å². The predicted molar refractivity (Wildman–Crippen MR) is 163 cm³/mol. The Morgan fingerprint density at radius 1 is 1.23 bits per heavy atom. The first kappa shape index (κ1) is 32.6. The number of aliphatic hydroxyl groups excluding tert-OH is 1. The van der Waals surface area contributed by atoms with Gasteiger partial charge in [0.2, 0.25) is 5.91 Å². The van der Waals surface area contributed by atoms with Gasteiger partial charge in [0.1, 0.15) is 29.0 Å². The van der Waals surface area contributed by atoms with Gasteiger partial charge in [0.15, 0.2) is 5.76 Å². The minimum atomic E-state index is -3.94. The Hall–Kier alpha value is -4.30. The van der Waals surface area contributed by atoms with Gasteiger partial charge in [-0.25, -0.2) is 13.2 Å². The number of amides is 3. The Kier molecular flexibility index (Phi) is 10.0. The maximum atomic E-state index is 13.5. The second-order valence-electron chi connectivity index (χ2n) is 11.0. The molecule has 0 unspecified atom stereocenters. The number of carbonyl (C=O) groups excluding carboxylic acids is 2. The minimum absolute atomic E-state index is 0.0453. The average molecular weight is 630 g/mol. The first-order valence-electron chi connectivity index (χ1n) is 14.1. The maximum Gasteiger partial charge on any atom is 0.321 e. The zero-order valence-electron chi connectivity index (χ0n) is 25.7. The first-order chi connectivity index (χ1) is 20.8. The number of anilines is 2. The van der Waals surface area contributed by atoms with E-state index in [1.165, 1.54) is 24.1 Å². The number of hydrogen-bond acceptors (Lipinski definition) is 9. The van der Waals surface area contributed by atoms with Gasteiger partial charge in [0.25, 0.3) is 10.0 Å². The van der Waals surface area contributed by atoms with Gasteiger partial charge in [0, 0.05) is 30.8 Å². The van der Waals surface area contributed by atoms with E-state index in [-0.39, 0.29) is 48.5 Å². The molecule has 0 bridgehead atoms. The molecule has 0 aliphatic carbocycles. The molecule has 0 fully saturated rings. The highest BCUT2D eigenvalue weighted by Crippen LogP contribution is 2.30. The van der Waals surface area contributed by atoms with E-state index < -0.39 is 28.2 Å². The molecule has 3 amide bonds. The van der Waals surface area contributed by atoms with Gasteiger partial charge in [-0.3, -0.25) is 9.52 Å². The van der Waals surface area contributed by atoms with Crippen molar-refractivity contribution >= 4 is 33.3 Å². The smallest absolute Gasteiger partial charge is 0.321 e. The third-order valence-corrected chi connectivity index (χ3v) is 9.00. The molecule has 2 aromatic carbocycles. The van der Waals surface area contributed by atoms with E-state index in [9.17, 15) is 23.1 Å². The van der Waals surface area contributed by atoms with E-state index >= 15 is 0 Å². The van der Waals surface area contributed by atoms with E-state index in [2.05, 4.69) is 15.2 Å². The largest absolute Gasteiger partial charge is 0.497 e. The molecule has 1 aromatic heterocycles. The topological polar surface area (TPSA) is 164 Å². The van der Waals surface area contributed by atoms with Gasteiger partial charge in [-0.1, -0.05) is 12.1 Å². The Bertz CT molecular complexity index is 1570. The van der Waals surface area contributed by atoms with Crippen LogP contribution in [0.3, 0.4) is 0 Å². The monoisotopic (exact) mass is 629 g/mol. The second kappa shape index (κ2) is 13.6. The highest BCUT2D eigenvalue weighted by molar-refractivity contribution is 7.92. The molecule has 0 saturated carbocycles. The van der Waals surface area contributed by atoms with E-state index in [4.69, 9.17) is 14.0 Å². The number of fused-ring (bicyclic) bond motifs is 1. The number of nitrogens with zero attached hydrogens (tertiary/aromatic N) is 3. The van der Waals surface area contributed by atoms with Crippen LogP contribution in [0.15, 0.2) is 51.9 Å². The van der Waals surface area contributed by atoms with Crippen molar-refractivity contribution in [1.29, 1.82) is 0 Å². The number of rotatable bonds is 9. The van der Waals surface area contributed by atoms with Crippen LogP contribution < -0.4 is 19.5 Å². The van der Waals surface area contributed by atoms with Crippen LogP contribution in [0.5, 0.6) is 11.5 Å². The second-order valence-corrected chi connectivity index (χ2v) is 12.7. The van der Waals surface area contributed by atoms with Crippen molar-refractivity contribution in [3.8, 4) is 11.5 Å². The average Bonchev–Trinajstić information content (AvgIpc) is 3.33. The van der Waals surface area contributed by atoms with Gasteiger partial charge < -0.3 is 34.2 Å². The summed E-state index contributed by atoms with van der Waals surface area (Å²) in [5.41, 5.74) is 1.75. The van der Waals surface area contributed by atoms with Crippen molar-refractivity contribution < 1.29 is 37.1 Å². The summed E-state index contributed by atoms with van der Waals surface area (Å²) in [6.07, 6.45) is -0.644. The van der Waals surface area contributed by atoms with Crippen molar-refractivity contribution in [1.82, 2.24) is 15.0 Å². The van der Waals surface area contributed by atoms with Crippen LogP contribution in [0.1, 0.15) is 30.9 Å². The molecule has 3 atom stereocenters. The van der Waals surface area contributed by atoms with Crippen molar-refractivity contribution in [3.63, 3.8) is 0 Å². The number of methoxy groups -OCH3 is 1. The molecular formula is C30H39N5O8S. The summed E-state index contributed by atoms with van der Waals surface area (Å²) in [5, 5.41) is 16.6. The van der Waals surface area contributed by atoms with Crippen molar-refractivity contribution in [2.24, 2.45) is 5.92 Å². The SMILES string of the molecule is COc1ccc(S(=O)(=O)Nc2ccc3c(c2)CC(=O)N([C@@H](C)CO)C[C@H](C)[C@H](CN(C)C(=O)Nc2c(C)noc2C)O3)cc1. The molecule has 2 heterocycles. The summed E-state index contributed by atoms with van der Waals surface area (Å²) in [6, 6.07) is 9.85. The fraction of sp³-hybridized carbons (Fsp3) is 0.433. The highest BCUT2D eigenvalue weighted by Gasteiger charge is 2.32. The molecule has 3 aromatic rings. The summed E-state index contributed by atoms with van der Waals surface area (Å²) >= 11 is 0. The normalized spacial score (nSPS) is 17.8. The number of nitrogens with one attached hydrogen (secondary N) is 2. The standard InChI is InChI=1S/C30H39N5O8S/c1-18-15-35(19(2)17-36)28(37)14-22-13-23(33-44(39,40)25-10-8-24(41-6)9-11-25)7-12-26(22)42-27(18)16-34(5)30(38)31-29-20(3)32-43-21(29)4/h7-13,18-19,27,33,36H,14-17H2,1-6H3,(H,31,38)/t18-,19-,27-/m0/s1. The first-order valence-corrected chi connectivity index (χ1v) is 15.6. The van der Waals surface area contributed by atoms with Crippen LogP contribution >= 0.6 is 0 Å². The van der Waals surface area contributed by atoms with Crippen LogP contribution in [0, 0.1) is 19.8 Å². The lowest BCUT2D eigenvalue weighted by Crippen LogP contribution is -2.48. The molecule has 4 rings (SSSR count). The molecule has 1 aliphatic rings. The van der Waals surface area contributed by atoms with Crippen LogP contribution in [-0.2, 0) is 21.2 Å². The highest BCUT2D eigenvalue weighted by atomic mass is 32.2. The molecule has 13 nitrogen and oxygen atoms in total. The number of carbonyl (C=O) groups is 2. The molecule has 14 heteroatoms. The lowest BCUT2D eigenvalue weighted by molar-refractivity contribution is -0.134. The Balaban J connectivity index is 1.62. The van der Waals surface area contributed by atoms with Crippen LogP contribution in [-0.4, -0.2) is 86.4 Å². The summed E-state index contributed by atoms with van der Waals surface area (Å²) in [6.45, 7) is 7.30. The fourth-order valence-electron chi connectivity index (χ4n) is 4.90. The van der Waals surface area contributed by atoms with Crippen LogP contribution in [0.25, 0.3) is 0 Å². The van der Waals surface area contributed by atoms with E-state index in [0.717, 1.165) is 0 Å². The number of ether oxygens (including phenoxy) is 2. The summed E-state index contributed by atoms with van der Waals surface area (Å²) in [5.74, 6) is 0.899. The van der Waals surface area contributed by atoms with Crippen molar-refractivity contribution in [3.05, 3.63) is 59.5 Å². The third-order valence-electron chi connectivity index (χ3n) is 7.60. The van der Waals surface area contributed by atoms with Gasteiger partial charge in [-0.2, -0.15) is 0 Å². The molecular weight excluding hydrogens is 590 g/mol. The maximum absolute atomic E-state index is 13.5. The van der Waals surface area contributed by atoms with E-state index in [1.807, 2.05) is 6.92 Å². The molecule has 0 radical (unpaired) electrons. The third kappa shape index (κ3) is 7.42. The number of aromatic nitrogens is 1. The lowest BCUT2D eigenvalue weighted by Gasteiger charge is -2.34. The van der Waals surface area contributed by atoms with Gasteiger partial charge in [0.05, 0.1) is 37.6 Å². The quantitative estimate of drug-likeness (QED) is 0.322. The number of urea groups is 1. The fourth-order valence-corrected chi connectivity index (χ4v) is 5.95. The lowest BCUT2D eigenvalue weighted by atomic mass is 10.0. The number of likely N-dealkylation sites (N-methyl/N-ethyl adjacent to an activating group) is 1. The summed E-state index contributed by atoms with van der Waals surface area (Å²) in [4.78, 5) is 29.7.